The van der Waals surface area contributed by atoms with Gasteiger partial charge in [-0.1, -0.05) is 146 Å². The monoisotopic (exact) mass is 835 g/mol. The van der Waals surface area contributed by atoms with Crippen molar-refractivity contribution in [3.63, 3.8) is 0 Å². The van der Waals surface area contributed by atoms with Gasteiger partial charge in [0.25, 0.3) is 5.88 Å². The molecule has 6 aromatic carbocycles. The number of carbonyl (C=O) groups excluding carboxylic acids is 3. The van der Waals surface area contributed by atoms with Crippen LogP contribution >= 0.6 is 0 Å². The fourth-order valence-electron chi connectivity index (χ4n) is 8.22. The van der Waals surface area contributed by atoms with Crippen molar-refractivity contribution < 1.29 is 33.7 Å². The minimum atomic E-state index is -1.22. The second kappa shape index (κ2) is 17.9. The predicted octanol–water partition coefficient (Wildman–Crippen LogP) is 8.45. The highest BCUT2D eigenvalue weighted by molar-refractivity contribution is 5.93. The van der Waals surface area contributed by atoms with Gasteiger partial charge in [-0.25, -0.2) is 19.4 Å². The number of aliphatic hydroxyl groups is 1. The zero-order chi connectivity index (χ0) is 43.2. The summed E-state index contributed by atoms with van der Waals surface area (Å²) in [6, 6.07) is 54.5. The number of imidazole rings is 1. The molecule has 1 aliphatic carbocycles. The Morgan fingerprint density at radius 3 is 1.59 bits per heavy atom. The van der Waals surface area contributed by atoms with Gasteiger partial charge >= 0.3 is 17.9 Å². The number of ether oxygens (including phenoxy) is 3. The molecule has 12 nitrogen and oxygen atoms in total. The van der Waals surface area contributed by atoms with Crippen LogP contribution in [0.3, 0.4) is 0 Å². The second-order valence-corrected chi connectivity index (χ2v) is 15.1. The Hall–Kier alpha value is -7.96. The maximum Gasteiger partial charge on any atom is 0.344 e. The van der Waals surface area contributed by atoms with E-state index in [-0.39, 0.29) is 36.0 Å². The van der Waals surface area contributed by atoms with Crippen LogP contribution in [0.4, 0.5) is 5.95 Å². The van der Waals surface area contributed by atoms with Gasteiger partial charge in [-0.3, -0.25) is 0 Å². The van der Waals surface area contributed by atoms with Crippen molar-refractivity contribution in [1.29, 1.82) is 0 Å². The molecule has 1 saturated carbocycles. The second-order valence-electron chi connectivity index (χ2n) is 15.1. The van der Waals surface area contributed by atoms with Gasteiger partial charge in [-0.15, -0.1) is 0 Å². The van der Waals surface area contributed by atoms with E-state index in [9.17, 15) is 19.5 Å². The Kier molecular flexibility index (Phi) is 11.5. The van der Waals surface area contributed by atoms with Gasteiger partial charge in [-0.2, -0.15) is 9.97 Å². The summed E-state index contributed by atoms with van der Waals surface area (Å²) in [5.41, 5.74) is 2.92. The van der Waals surface area contributed by atoms with Gasteiger partial charge in [0.2, 0.25) is 5.95 Å². The van der Waals surface area contributed by atoms with Crippen LogP contribution in [0.2, 0.25) is 0 Å². The molecule has 0 saturated heterocycles. The Balaban J connectivity index is 1.15. The first-order chi connectivity index (χ1) is 30.9. The molecule has 2 heterocycles. The molecule has 0 amide bonds. The molecule has 312 valence electrons. The van der Waals surface area contributed by atoms with Crippen LogP contribution in [0, 0.1) is 5.92 Å². The molecule has 1 aliphatic rings. The molecule has 1 fully saturated rings. The lowest BCUT2D eigenvalue weighted by atomic mass is 9.77. The fraction of sp³-hybridized carbons (Fsp3) is 0.137. The van der Waals surface area contributed by atoms with Crippen molar-refractivity contribution in [3.05, 3.63) is 222 Å². The van der Waals surface area contributed by atoms with E-state index in [1.807, 2.05) is 91.0 Å². The topological polar surface area (TPSA) is 155 Å². The molecule has 0 unspecified atom stereocenters. The summed E-state index contributed by atoms with van der Waals surface area (Å²) in [6.07, 6.45) is -0.523. The number of nitrogens with one attached hydrogen (secondary N) is 1. The maximum atomic E-state index is 13.7. The first kappa shape index (κ1) is 40.4. The number of benzene rings is 6. The van der Waals surface area contributed by atoms with Crippen LogP contribution in [0.5, 0.6) is 5.88 Å². The zero-order valence-corrected chi connectivity index (χ0v) is 33.8. The van der Waals surface area contributed by atoms with Crippen molar-refractivity contribution in [2.24, 2.45) is 5.92 Å². The number of hydrogen-bond acceptors (Lipinski definition) is 11. The number of fused-ring (bicyclic) bond motifs is 1. The van der Waals surface area contributed by atoms with E-state index in [1.165, 1.54) is 6.33 Å². The zero-order valence-electron chi connectivity index (χ0n) is 33.8. The Labute approximate surface area is 362 Å². The predicted molar refractivity (Wildman–Crippen MR) is 235 cm³/mol. The molecule has 0 aliphatic heterocycles. The van der Waals surface area contributed by atoms with Crippen LogP contribution in [0.1, 0.15) is 60.2 Å². The average molecular weight is 836 g/mol. The molecule has 0 bridgehead atoms. The standard InChI is InChI=1S/C51H41N5O7/c57-44-40(32-61-47(58)34-19-7-1-8-20-34)42(62-48(59)35-21-9-2-10-22-35)31-41(44)56-33-52-43-45(56)53-50(54-46(43)63-49(60)36-23-11-3-12-24-36)55-51(37-25-13-4-14-26-37,38-27-15-5-16-28-38)39-29-17-6-18-30-39/h1-30,33,40-42,44,57H,31-32H2,(H,53,54,55)/t40-,41+,42+,44+/m1/s1. The minimum absolute atomic E-state index is 0.0876. The number of nitrogens with zero attached hydrogens (tertiary/aromatic N) is 4. The number of carbonyl (C=O) groups is 3. The lowest BCUT2D eigenvalue weighted by Gasteiger charge is -2.37. The van der Waals surface area contributed by atoms with Crippen LogP contribution in [-0.4, -0.2) is 61.3 Å². The Morgan fingerprint density at radius 1 is 0.619 bits per heavy atom. The summed E-state index contributed by atoms with van der Waals surface area (Å²) < 4.78 is 19.5. The van der Waals surface area contributed by atoms with Crippen LogP contribution in [-0.2, 0) is 15.0 Å². The number of hydrogen-bond donors (Lipinski definition) is 2. The van der Waals surface area contributed by atoms with E-state index in [2.05, 4.69) is 10.3 Å². The van der Waals surface area contributed by atoms with Gasteiger partial charge in [0.1, 0.15) is 18.2 Å². The molecule has 8 aromatic rings. The highest BCUT2D eigenvalue weighted by Gasteiger charge is 2.47. The summed E-state index contributed by atoms with van der Waals surface area (Å²) >= 11 is 0. The quantitative estimate of drug-likeness (QED) is 0.0849. The third-order valence-electron chi connectivity index (χ3n) is 11.3. The maximum absolute atomic E-state index is 13.7. The van der Waals surface area contributed by atoms with Gasteiger partial charge in [0, 0.05) is 6.42 Å². The van der Waals surface area contributed by atoms with E-state index >= 15 is 0 Å². The highest BCUT2D eigenvalue weighted by Crippen LogP contribution is 2.42. The van der Waals surface area contributed by atoms with Crippen LogP contribution in [0.15, 0.2) is 188 Å². The Morgan fingerprint density at radius 2 is 1.08 bits per heavy atom. The molecule has 9 rings (SSSR count). The molecule has 2 aromatic heterocycles. The molecule has 0 spiro atoms. The van der Waals surface area contributed by atoms with Gasteiger partial charge in [0.15, 0.2) is 11.2 Å². The third-order valence-corrected chi connectivity index (χ3v) is 11.3. The first-order valence-electron chi connectivity index (χ1n) is 20.5. The molecule has 63 heavy (non-hydrogen) atoms. The number of esters is 3. The molecular weight excluding hydrogens is 795 g/mol. The summed E-state index contributed by atoms with van der Waals surface area (Å²) in [5.74, 6) is -2.71. The van der Waals surface area contributed by atoms with Crippen molar-refractivity contribution in [1.82, 2.24) is 19.5 Å². The van der Waals surface area contributed by atoms with E-state index in [4.69, 9.17) is 24.2 Å². The van der Waals surface area contributed by atoms with Crippen molar-refractivity contribution >= 4 is 35.0 Å². The molecule has 12 heteroatoms. The lowest BCUT2D eigenvalue weighted by Crippen LogP contribution is -2.38. The lowest BCUT2D eigenvalue weighted by molar-refractivity contribution is -0.0170. The van der Waals surface area contributed by atoms with Crippen molar-refractivity contribution in [3.8, 4) is 5.88 Å². The van der Waals surface area contributed by atoms with Gasteiger partial charge < -0.3 is 29.2 Å². The smallest absolute Gasteiger partial charge is 0.344 e. The Bertz CT molecular complexity index is 2730. The van der Waals surface area contributed by atoms with Gasteiger partial charge in [0.05, 0.1) is 41.1 Å². The number of aliphatic hydroxyl groups excluding tert-OH is 1. The number of aromatic nitrogens is 4. The highest BCUT2D eigenvalue weighted by atomic mass is 16.6. The molecule has 4 atom stereocenters. The third kappa shape index (κ3) is 8.27. The van der Waals surface area contributed by atoms with E-state index in [1.54, 1.807) is 95.6 Å². The minimum Gasteiger partial charge on any atom is -0.462 e. The number of rotatable bonds is 13. The molecule has 2 N–H and O–H groups in total. The molecule has 0 radical (unpaired) electrons. The van der Waals surface area contributed by atoms with Crippen molar-refractivity contribution in [2.45, 2.75) is 30.2 Å². The largest absolute Gasteiger partial charge is 0.462 e. The summed E-state index contributed by atoms with van der Waals surface area (Å²) in [6.45, 7) is -0.250. The van der Waals surface area contributed by atoms with Crippen LogP contribution < -0.4 is 10.1 Å². The average Bonchev–Trinajstić information content (AvgIpc) is 3.91. The molecular formula is C51H41N5O7. The summed E-state index contributed by atoms with van der Waals surface area (Å²) in [7, 11) is 0. The SMILES string of the molecule is O=C(OC[C@H]1[C@H](O)[C@@H](n2cnc3c(OC(=O)c4ccccc4)nc(NC(c4ccccc4)(c4ccccc4)c4ccccc4)nc32)C[C@@H]1OC(=O)c1ccccc1)c1ccccc1. The van der Waals surface area contributed by atoms with E-state index in [0.717, 1.165) is 16.7 Å². The van der Waals surface area contributed by atoms with Crippen molar-refractivity contribution in [2.75, 3.05) is 11.9 Å². The fourth-order valence-corrected chi connectivity index (χ4v) is 8.22. The number of anilines is 1. The first-order valence-corrected chi connectivity index (χ1v) is 20.5. The summed E-state index contributed by atoms with van der Waals surface area (Å²) in [4.78, 5) is 54.9. The van der Waals surface area contributed by atoms with E-state index < -0.39 is 47.6 Å². The van der Waals surface area contributed by atoms with Gasteiger partial charge in [-0.05, 0) is 53.1 Å². The summed E-state index contributed by atoms with van der Waals surface area (Å²) in [5, 5.41) is 15.9. The van der Waals surface area contributed by atoms with E-state index in [0.29, 0.717) is 16.7 Å². The van der Waals surface area contributed by atoms with Crippen LogP contribution in [0.25, 0.3) is 11.2 Å². The normalized spacial score (nSPS) is 17.2.